The van der Waals surface area contributed by atoms with Gasteiger partial charge in [0, 0.05) is 56.8 Å². The fourth-order valence-electron chi connectivity index (χ4n) is 8.39. The summed E-state index contributed by atoms with van der Waals surface area (Å²) in [7, 11) is 0. The van der Waals surface area contributed by atoms with Gasteiger partial charge in [-0.25, -0.2) is 19.9 Å². The number of anilines is 6. The first-order valence-electron chi connectivity index (χ1n) is 24.0. The molecule has 0 amide bonds. The number of halogens is 2. The Morgan fingerprint density at radius 1 is 0.568 bits per heavy atom. The quantitative estimate of drug-likeness (QED) is 0.0590. The van der Waals surface area contributed by atoms with Gasteiger partial charge in [0.25, 0.3) is 5.69 Å². The fraction of sp³-hybridized carbons (Fsp3) is 0.333. The third-order valence-corrected chi connectivity index (χ3v) is 13.9. The topological polar surface area (TPSA) is 198 Å². The van der Waals surface area contributed by atoms with Gasteiger partial charge in [-0.2, -0.15) is 4.39 Å². The van der Waals surface area contributed by atoms with Gasteiger partial charge in [0.15, 0.2) is 0 Å². The highest BCUT2D eigenvalue weighted by atomic mass is 35.5. The highest BCUT2D eigenvalue weighted by Gasteiger charge is 2.21. The number of hydrogen-bond donors (Lipinski definition) is 3. The summed E-state index contributed by atoms with van der Waals surface area (Å²) >= 11 is 8.96. The molecule has 4 aromatic carbocycles. The Labute approximate surface area is 445 Å². The molecule has 8 aromatic rings. The number of nitrogens with zero attached hydrogens (tertiary/aromatic N) is 9. The van der Waals surface area contributed by atoms with Crippen molar-refractivity contribution in [1.29, 1.82) is 0 Å². The predicted molar refractivity (Wildman–Crippen MR) is 306 cm³/mol. The largest absolute Gasteiger partial charge is 0.397 e. The molecule has 0 aliphatic carbocycles. The van der Waals surface area contributed by atoms with E-state index in [4.69, 9.17) is 17.3 Å². The molecule has 392 valence electrons. The summed E-state index contributed by atoms with van der Waals surface area (Å²) in [4.78, 5) is 45.1. The second-order valence-electron chi connectivity index (χ2n) is 16.9. The van der Waals surface area contributed by atoms with Crippen molar-refractivity contribution in [1.82, 2.24) is 25.3 Å². The molecule has 8 heterocycles. The maximum Gasteiger partial charge on any atom is 0.304 e. The van der Waals surface area contributed by atoms with Gasteiger partial charge in [0.1, 0.15) is 39.0 Å². The van der Waals surface area contributed by atoms with Crippen LogP contribution in [0.15, 0.2) is 133 Å². The smallest absolute Gasteiger partial charge is 0.304 e. The molecule has 4 aliphatic rings. The molecule has 4 saturated heterocycles. The van der Waals surface area contributed by atoms with Gasteiger partial charge in [-0.05, 0) is 124 Å². The predicted octanol–water partition coefficient (Wildman–Crippen LogP) is 13.8. The van der Waals surface area contributed by atoms with Crippen molar-refractivity contribution >= 4 is 100 Å². The molecular weight excluding hydrogens is 999 g/mol. The summed E-state index contributed by atoms with van der Waals surface area (Å²) in [5.41, 5.74) is 10.8. The number of nitro benzene ring substituents is 2. The number of benzene rings is 4. The molecule has 20 heteroatoms. The number of hydrogen-bond acceptors (Lipinski definition) is 16. The number of aromatic nitrogens is 4. The lowest BCUT2D eigenvalue weighted by molar-refractivity contribution is -0.387. The Balaban J connectivity index is 0.000000171. The van der Waals surface area contributed by atoms with Crippen LogP contribution in [0.25, 0.3) is 20.4 Å². The standard InChI is InChI=1S/C16H16N4S.C10H12N2O2.C10H14N2.C6H3ClN2S.C6H4FNO2.C4H9N.2CH4/c1-2-6-14(20-8-3-4-9-20)13(5-1)19-15-12-7-10-21-16(12)18-11-17-15;13-12(14)10-6-2-1-5-9(10)11-7-3-4-8-11;11-9-5-1-2-6-10(9)12-7-3-4-8-12;7-5-4-1-2-10-6(4)9-3-8-5;7-5-3-1-2-4-6(5)8(9)10;1-2-4-5-3-1;;/h1-2,5-7,10-11H,3-4,8-9H2,(H,17,18,19);1-2,5-6H,3-4,7-8H2;1-2,5-6H,3-4,7-8,11H2;1-3H;1-4H;5H,1-4H2;2*1H4. The minimum absolute atomic E-state index is 0. The zero-order valence-electron chi connectivity index (χ0n) is 39.8. The normalized spacial score (nSPS) is 14.2. The molecule has 4 aromatic heterocycles. The SMILES string of the molecule is C.C.C1CCNC1.Clc1ncnc2sccc12.Nc1ccccc1N1CCCC1.O=[N+]([O-])c1ccccc1F.O=[N+]([O-])c1ccccc1N1CCCC1.c1ccc(N2CCCC2)c(Nc2ncnc3sccc23)c1. The van der Waals surface area contributed by atoms with E-state index in [2.05, 4.69) is 87.0 Å². The number of thiophene rings is 2. The Morgan fingerprint density at radius 2 is 1.03 bits per heavy atom. The molecule has 4 N–H and O–H groups in total. The number of nitrogens with two attached hydrogens (primary N) is 1. The van der Waals surface area contributed by atoms with Gasteiger partial charge >= 0.3 is 5.69 Å². The van der Waals surface area contributed by atoms with E-state index in [9.17, 15) is 24.6 Å². The van der Waals surface area contributed by atoms with Gasteiger partial charge in [0.05, 0.1) is 38.0 Å². The van der Waals surface area contributed by atoms with E-state index in [0.717, 1.165) is 108 Å². The number of nitro groups is 2. The lowest BCUT2D eigenvalue weighted by atomic mass is 10.2. The molecule has 0 spiro atoms. The van der Waals surface area contributed by atoms with E-state index in [0.29, 0.717) is 5.15 Å². The number of rotatable bonds is 7. The van der Waals surface area contributed by atoms with Crippen LogP contribution in [0, 0.1) is 26.0 Å². The van der Waals surface area contributed by atoms with Crippen LogP contribution in [0.1, 0.15) is 66.2 Å². The van der Waals surface area contributed by atoms with E-state index in [1.54, 1.807) is 41.1 Å². The van der Waals surface area contributed by atoms with Crippen LogP contribution < -0.4 is 31.1 Å². The minimum Gasteiger partial charge on any atom is -0.397 e. The first-order valence-corrected chi connectivity index (χ1v) is 26.1. The Morgan fingerprint density at radius 3 is 1.55 bits per heavy atom. The molecule has 74 heavy (non-hydrogen) atoms. The Hall–Kier alpha value is -7.06. The van der Waals surface area contributed by atoms with Gasteiger partial charge in [-0.15, -0.1) is 22.7 Å². The summed E-state index contributed by atoms with van der Waals surface area (Å²) < 4.78 is 12.4. The van der Waals surface area contributed by atoms with E-state index >= 15 is 0 Å². The molecule has 0 atom stereocenters. The summed E-state index contributed by atoms with van der Waals surface area (Å²) in [6.07, 6.45) is 13.3. The average Bonchev–Trinajstić information content (AvgIpc) is 4.26. The second-order valence-corrected chi connectivity index (χ2v) is 19.0. The zero-order chi connectivity index (χ0) is 50.5. The van der Waals surface area contributed by atoms with Crippen LogP contribution in [0.4, 0.5) is 50.0 Å². The maximum absolute atomic E-state index is 12.4. The van der Waals surface area contributed by atoms with Crippen molar-refractivity contribution in [2.24, 2.45) is 0 Å². The zero-order valence-corrected chi connectivity index (χ0v) is 42.2. The van der Waals surface area contributed by atoms with Crippen molar-refractivity contribution < 1.29 is 14.2 Å². The third kappa shape index (κ3) is 16.5. The fourth-order valence-corrected chi connectivity index (χ4v) is 10.1. The molecule has 0 unspecified atom stereocenters. The summed E-state index contributed by atoms with van der Waals surface area (Å²) in [5, 5.41) is 34.0. The van der Waals surface area contributed by atoms with Crippen LogP contribution in [0.5, 0.6) is 0 Å². The van der Waals surface area contributed by atoms with Crippen molar-refractivity contribution in [3.63, 3.8) is 0 Å². The van der Waals surface area contributed by atoms with Crippen molar-refractivity contribution in [3.05, 3.63) is 164 Å². The number of nitrogen functional groups attached to an aromatic ring is 1. The number of fused-ring (bicyclic) bond motifs is 2. The number of nitrogens with one attached hydrogen (secondary N) is 2. The lowest BCUT2D eigenvalue weighted by Crippen LogP contribution is -2.18. The molecular formula is C54H66ClFN12O4S2. The van der Waals surface area contributed by atoms with Crippen LogP contribution >= 0.6 is 34.3 Å². The van der Waals surface area contributed by atoms with Crippen molar-refractivity contribution in [2.75, 3.05) is 78.1 Å². The summed E-state index contributed by atoms with van der Waals surface area (Å²) in [5.74, 6) is 0.0837. The molecule has 16 nitrogen and oxygen atoms in total. The van der Waals surface area contributed by atoms with Gasteiger partial charge in [0.2, 0.25) is 5.82 Å². The maximum atomic E-state index is 12.4. The monoisotopic (exact) mass is 1060 g/mol. The van der Waals surface area contributed by atoms with Crippen LogP contribution in [0.2, 0.25) is 5.15 Å². The van der Waals surface area contributed by atoms with Crippen molar-refractivity contribution in [2.45, 2.75) is 66.2 Å². The summed E-state index contributed by atoms with van der Waals surface area (Å²) in [6.45, 7) is 8.96. The van der Waals surface area contributed by atoms with Crippen LogP contribution in [-0.4, -0.2) is 82.1 Å². The Bertz CT molecular complexity index is 2950. The molecule has 0 radical (unpaired) electrons. The lowest BCUT2D eigenvalue weighted by Gasteiger charge is -2.21. The molecule has 4 aliphatic heterocycles. The molecule has 0 saturated carbocycles. The first-order chi connectivity index (χ1) is 35.2. The second kappa shape index (κ2) is 30.2. The van der Waals surface area contributed by atoms with Gasteiger partial charge in [-0.3, -0.25) is 20.2 Å². The molecule has 12 rings (SSSR count). The van der Waals surface area contributed by atoms with Crippen LogP contribution in [0.3, 0.4) is 0 Å². The third-order valence-electron chi connectivity index (χ3n) is 12.0. The van der Waals surface area contributed by atoms with Crippen molar-refractivity contribution in [3.8, 4) is 0 Å². The first kappa shape index (κ1) is 57.8. The summed E-state index contributed by atoms with van der Waals surface area (Å²) in [6, 6.07) is 32.5. The Kier molecular flexibility index (Phi) is 23.6. The van der Waals surface area contributed by atoms with E-state index in [-0.39, 0.29) is 25.5 Å². The van der Waals surface area contributed by atoms with E-state index in [1.807, 2.05) is 41.8 Å². The van der Waals surface area contributed by atoms with Gasteiger partial charge < -0.3 is 31.1 Å². The van der Waals surface area contributed by atoms with E-state index in [1.165, 1.54) is 81.4 Å². The highest BCUT2D eigenvalue weighted by molar-refractivity contribution is 7.17. The molecule has 0 bridgehead atoms. The van der Waals surface area contributed by atoms with Crippen LogP contribution in [-0.2, 0) is 0 Å². The van der Waals surface area contributed by atoms with Gasteiger partial charge in [-0.1, -0.05) is 75.0 Å². The average molecular weight is 1070 g/mol. The minimum atomic E-state index is -0.799. The van der Waals surface area contributed by atoms with E-state index < -0.39 is 16.4 Å². The number of para-hydroxylation sites is 7. The highest BCUT2D eigenvalue weighted by Crippen LogP contribution is 2.34. The molecule has 4 fully saturated rings.